The number of likely N-dealkylation sites (N-methyl/N-ethyl adjacent to an activating group) is 1. The molecule has 1 amide bonds. The number of benzene rings is 1. The summed E-state index contributed by atoms with van der Waals surface area (Å²) in [6.45, 7) is 16.6. The van der Waals surface area contributed by atoms with Gasteiger partial charge in [-0.2, -0.15) is 0 Å². The molecule has 0 saturated heterocycles. The van der Waals surface area contributed by atoms with E-state index in [2.05, 4.69) is 30.6 Å². The first-order valence-electron chi connectivity index (χ1n) is 10.2. The molecule has 0 spiro atoms. The maximum Gasteiger partial charge on any atom is 0.407 e. The Kier molecular flexibility index (Phi) is 10.8. The summed E-state index contributed by atoms with van der Waals surface area (Å²) in [6.07, 6.45) is -0.426. The summed E-state index contributed by atoms with van der Waals surface area (Å²) in [5.41, 5.74) is 0.629. The van der Waals surface area contributed by atoms with Crippen molar-refractivity contribution in [3.8, 4) is 0 Å². The molecule has 1 aromatic carbocycles. The summed E-state index contributed by atoms with van der Waals surface area (Å²) in [5.74, 6) is 1.12. The van der Waals surface area contributed by atoms with E-state index in [-0.39, 0.29) is 6.04 Å². The zero-order valence-electron chi connectivity index (χ0n) is 18.9. The van der Waals surface area contributed by atoms with Crippen LogP contribution in [0, 0.1) is 5.92 Å². The second-order valence-corrected chi connectivity index (χ2v) is 8.45. The van der Waals surface area contributed by atoms with Gasteiger partial charge in [-0.1, -0.05) is 50.8 Å². The molecule has 0 aliphatic rings. The molecule has 1 aromatic rings. The Labute approximate surface area is 176 Å². The molecule has 164 valence electrons. The highest BCUT2D eigenvalue weighted by molar-refractivity contribution is 5.67. The monoisotopic (exact) mass is 406 g/mol. The number of ether oxygens (including phenoxy) is 3. The number of carbonyl (C=O) groups is 1. The number of alkyl carbamates (subject to hydrolysis) is 1. The van der Waals surface area contributed by atoms with E-state index in [0.717, 1.165) is 17.9 Å². The first-order chi connectivity index (χ1) is 13.6. The van der Waals surface area contributed by atoms with Crippen molar-refractivity contribution in [2.45, 2.75) is 52.9 Å². The second-order valence-electron chi connectivity index (χ2n) is 8.45. The Morgan fingerprint density at radius 1 is 1.17 bits per heavy atom. The van der Waals surface area contributed by atoms with Crippen LogP contribution in [0.2, 0.25) is 0 Å². The third-order valence-corrected chi connectivity index (χ3v) is 4.21. The zero-order valence-corrected chi connectivity index (χ0v) is 18.9. The largest absolute Gasteiger partial charge is 0.492 e. The van der Waals surface area contributed by atoms with E-state index in [0.29, 0.717) is 32.3 Å². The lowest BCUT2D eigenvalue weighted by Gasteiger charge is -2.32. The van der Waals surface area contributed by atoms with Gasteiger partial charge in [-0.15, -0.1) is 0 Å². The van der Waals surface area contributed by atoms with Gasteiger partial charge in [0.05, 0.1) is 19.3 Å². The highest BCUT2D eigenvalue weighted by atomic mass is 16.6. The van der Waals surface area contributed by atoms with E-state index in [4.69, 9.17) is 14.2 Å². The number of hydrogen-bond donors (Lipinski definition) is 1. The number of rotatable bonds is 12. The summed E-state index contributed by atoms with van der Waals surface area (Å²) >= 11 is 0. The normalized spacial score (nSPS) is 12.7. The van der Waals surface area contributed by atoms with Crippen LogP contribution in [0.5, 0.6) is 0 Å². The Morgan fingerprint density at radius 3 is 2.41 bits per heavy atom. The lowest BCUT2D eigenvalue weighted by atomic mass is 10.0. The van der Waals surface area contributed by atoms with Gasteiger partial charge in [0.25, 0.3) is 0 Å². The molecule has 0 aliphatic carbocycles. The maximum atomic E-state index is 11.6. The molecule has 29 heavy (non-hydrogen) atoms. The van der Waals surface area contributed by atoms with Gasteiger partial charge in [0.2, 0.25) is 0 Å². The van der Waals surface area contributed by atoms with Crippen molar-refractivity contribution < 1.29 is 19.0 Å². The summed E-state index contributed by atoms with van der Waals surface area (Å²) in [6, 6.07) is 10.2. The molecule has 0 radical (unpaired) electrons. The number of nitrogens with zero attached hydrogens (tertiary/aromatic N) is 1. The van der Waals surface area contributed by atoms with Gasteiger partial charge < -0.3 is 19.5 Å². The number of carbonyl (C=O) groups excluding carboxylic acids is 1. The van der Waals surface area contributed by atoms with Gasteiger partial charge in [-0.25, -0.2) is 4.79 Å². The summed E-state index contributed by atoms with van der Waals surface area (Å²) < 4.78 is 16.8. The highest BCUT2D eigenvalue weighted by Gasteiger charge is 2.23. The minimum absolute atomic E-state index is 0.0993. The molecule has 0 bridgehead atoms. The summed E-state index contributed by atoms with van der Waals surface area (Å²) in [4.78, 5) is 13.8. The molecular formula is C23H38N2O4. The van der Waals surface area contributed by atoms with E-state index >= 15 is 0 Å². The predicted octanol–water partition coefficient (Wildman–Crippen LogP) is 4.21. The molecule has 0 fully saturated rings. The van der Waals surface area contributed by atoms with Crippen molar-refractivity contribution in [3.63, 3.8) is 0 Å². The smallest absolute Gasteiger partial charge is 0.407 e. The topological polar surface area (TPSA) is 60.0 Å². The van der Waals surface area contributed by atoms with Crippen molar-refractivity contribution in [1.29, 1.82) is 0 Å². The fourth-order valence-corrected chi connectivity index (χ4v) is 2.95. The van der Waals surface area contributed by atoms with Crippen molar-refractivity contribution in [2.24, 2.45) is 5.92 Å². The van der Waals surface area contributed by atoms with Crippen LogP contribution in [0.4, 0.5) is 4.79 Å². The lowest BCUT2D eigenvalue weighted by molar-refractivity contribution is 0.0473. The van der Waals surface area contributed by atoms with Crippen LogP contribution in [0.15, 0.2) is 42.7 Å². The molecule has 0 aliphatic heterocycles. The molecule has 1 rings (SSSR count). The van der Waals surface area contributed by atoms with E-state index < -0.39 is 11.7 Å². The summed E-state index contributed by atoms with van der Waals surface area (Å²) in [5, 5.41) is 2.68. The molecule has 1 N–H and O–H groups in total. The third-order valence-electron chi connectivity index (χ3n) is 4.21. The van der Waals surface area contributed by atoms with Gasteiger partial charge in [0.15, 0.2) is 0 Å². The van der Waals surface area contributed by atoms with Gasteiger partial charge in [0.1, 0.15) is 18.0 Å². The van der Waals surface area contributed by atoms with Crippen molar-refractivity contribution in [1.82, 2.24) is 10.2 Å². The van der Waals surface area contributed by atoms with Crippen LogP contribution in [0.1, 0.15) is 40.2 Å². The van der Waals surface area contributed by atoms with Gasteiger partial charge in [-0.05, 0) is 39.3 Å². The van der Waals surface area contributed by atoms with Crippen LogP contribution in [-0.2, 0) is 20.8 Å². The van der Waals surface area contributed by atoms with Crippen LogP contribution < -0.4 is 5.32 Å². The minimum atomic E-state index is -0.496. The Hall–Kier alpha value is -2.05. The Bertz CT molecular complexity index is 611. The van der Waals surface area contributed by atoms with Crippen molar-refractivity contribution in [3.05, 3.63) is 48.2 Å². The average molecular weight is 407 g/mol. The molecular weight excluding hydrogens is 368 g/mol. The number of nitrogens with one attached hydrogen (secondary N) is 1. The minimum Gasteiger partial charge on any atom is -0.492 e. The first-order valence-corrected chi connectivity index (χ1v) is 10.2. The molecule has 1 atom stereocenters. The van der Waals surface area contributed by atoms with E-state index in [9.17, 15) is 4.79 Å². The van der Waals surface area contributed by atoms with Crippen molar-refractivity contribution in [2.75, 3.05) is 33.4 Å². The summed E-state index contributed by atoms with van der Waals surface area (Å²) in [7, 11) is 2.05. The van der Waals surface area contributed by atoms with Gasteiger partial charge in [0, 0.05) is 13.1 Å². The zero-order chi connectivity index (χ0) is 21.9. The van der Waals surface area contributed by atoms with E-state index in [1.807, 2.05) is 58.2 Å². The lowest BCUT2D eigenvalue weighted by Crippen LogP contribution is -2.40. The first kappa shape index (κ1) is 25.0. The average Bonchev–Trinajstić information content (AvgIpc) is 2.62. The molecule has 0 heterocycles. The van der Waals surface area contributed by atoms with Crippen LogP contribution in [-0.4, -0.2) is 56.0 Å². The van der Waals surface area contributed by atoms with Gasteiger partial charge >= 0.3 is 6.09 Å². The Morgan fingerprint density at radius 2 is 1.83 bits per heavy atom. The van der Waals surface area contributed by atoms with Crippen LogP contribution >= 0.6 is 0 Å². The van der Waals surface area contributed by atoms with Crippen LogP contribution in [0.3, 0.4) is 0 Å². The molecule has 0 saturated carbocycles. The fraction of sp³-hybridized carbons (Fsp3) is 0.609. The second kappa shape index (κ2) is 12.5. The van der Waals surface area contributed by atoms with E-state index in [1.165, 1.54) is 0 Å². The SMILES string of the molecule is C=C(OCc1ccccc1)C(C(C)C)N(C)CCOCCNC(=O)OC(C)(C)C. The molecule has 1 unspecified atom stereocenters. The Balaban J connectivity index is 2.30. The fourth-order valence-electron chi connectivity index (χ4n) is 2.95. The van der Waals surface area contributed by atoms with Crippen molar-refractivity contribution >= 4 is 6.09 Å². The molecule has 6 nitrogen and oxygen atoms in total. The van der Waals surface area contributed by atoms with Gasteiger partial charge in [-0.3, -0.25) is 4.90 Å². The maximum absolute atomic E-state index is 11.6. The standard InChI is InChI=1S/C23H38N2O4/c1-18(2)21(19(3)28-17-20-11-9-8-10-12-20)25(7)14-16-27-15-13-24-22(26)29-23(4,5)6/h8-12,18,21H,3,13-17H2,1-2,4-7H3,(H,24,26). The van der Waals surface area contributed by atoms with Crippen LogP contribution in [0.25, 0.3) is 0 Å². The quantitative estimate of drug-likeness (QED) is 0.416. The highest BCUT2D eigenvalue weighted by Crippen LogP contribution is 2.19. The predicted molar refractivity (Wildman–Crippen MR) is 117 cm³/mol. The molecule has 6 heteroatoms. The number of hydrogen-bond acceptors (Lipinski definition) is 5. The molecule has 0 aromatic heterocycles. The number of amides is 1. The van der Waals surface area contributed by atoms with E-state index in [1.54, 1.807) is 0 Å². The third kappa shape index (κ3) is 10.9.